The van der Waals surface area contributed by atoms with Gasteiger partial charge in [-0.2, -0.15) is 0 Å². The molecule has 0 unspecified atom stereocenters. The number of hydrogen-bond acceptors (Lipinski definition) is 2. The maximum Gasteiger partial charge on any atom is 0.0422 e. The fourth-order valence-corrected chi connectivity index (χ4v) is 1.01. The molecule has 0 heterocycles. The molecule has 13 heavy (non-hydrogen) atoms. The molecule has 0 N–H and O–H groups in total. The van der Waals surface area contributed by atoms with Gasteiger partial charge in [-0.15, -0.1) is 0 Å². The first kappa shape index (κ1) is 9.52. The zero-order valence-electron chi connectivity index (χ0n) is 8.07. The number of hydrogen-bond donors (Lipinski definition) is 0. The van der Waals surface area contributed by atoms with Crippen molar-refractivity contribution in [3.8, 4) is 0 Å². The van der Waals surface area contributed by atoms with Crippen molar-refractivity contribution in [1.29, 1.82) is 0 Å². The van der Waals surface area contributed by atoms with Gasteiger partial charge in [0, 0.05) is 25.1 Å². The average Bonchev–Trinajstić information content (AvgIpc) is 2.15. The molecule has 0 saturated carbocycles. The highest BCUT2D eigenvalue weighted by molar-refractivity contribution is 5.49. The summed E-state index contributed by atoms with van der Waals surface area (Å²) in [5, 5.41) is 0. The normalized spacial score (nSPS) is 10.3. The molecular formula is C11H14N2. The van der Waals surface area contributed by atoms with E-state index >= 15 is 0 Å². The van der Waals surface area contributed by atoms with Gasteiger partial charge in [0.25, 0.3) is 0 Å². The van der Waals surface area contributed by atoms with Crippen LogP contribution in [0.25, 0.3) is 0 Å². The molecule has 2 nitrogen and oxygen atoms in total. The minimum absolute atomic E-state index is 1.14. The van der Waals surface area contributed by atoms with Crippen LogP contribution in [0.3, 0.4) is 0 Å². The van der Waals surface area contributed by atoms with E-state index in [9.17, 15) is 0 Å². The second kappa shape index (κ2) is 4.45. The lowest BCUT2D eigenvalue weighted by Gasteiger charge is -2.13. The van der Waals surface area contributed by atoms with Crippen molar-refractivity contribution >= 4 is 12.4 Å². The van der Waals surface area contributed by atoms with Crippen LogP contribution < -0.4 is 4.90 Å². The molecule has 0 aliphatic carbocycles. The van der Waals surface area contributed by atoms with Crippen molar-refractivity contribution in [2.75, 3.05) is 11.9 Å². The zero-order valence-corrected chi connectivity index (χ0v) is 8.07. The summed E-state index contributed by atoms with van der Waals surface area (Å²) < 4.78 is 0. The van der Waals surface area contributed by atoms with Crippen LogP contribution >= 0.6 is 0 Å². The molecule has 68 valence electrons. The van der Waals surface area contributed by atoms with Crippen molar-refractivity contribution in [2.45, 2.75) is 6.92 Å². The quantitative estimate of drug-likeness (QED) is 0.643. The molecule has 0 aliphatic heterocycles. The molecule has 1 aromatic carbocycles. The van der Waals surface area contributed by atoms with Crippen molar-refractivity contribution < 1.29 is 0 Å². The Morgan fingerprint density at radius 1 is 1.31 bits per heavy atom. The molecule has 1 rings (SSSR count). The van der Waals surface area contributed by atoms with Crippen LogP contribution in [0.5, 0.6) is 0 Å². The third-order valence-corrected chi connectivity index (χ3v) is 1.84. The van der Waals surface area contributed by atoms with Gasteiger partial charge in [0.05, 0.1) is 0 Å². The summed E-state index contributed by atoms with van der Waals surface area (Å²) in [6, 6.07) is 8.31. The summed E-state index contributed by atoms with van der Waals surface area (Å²) in [6.07, 6.45) is 3.54. The molecule has 0 bridgehead atoms. The van der Waals surface area contributed by atoms with E-state index in [4.69, 9.17) is 0 Å². The molecule has 0 fully saturated rings. The minimum atomic E-state index is 1.14. The number of aryl methyl sites for hydroxylation is 1. The summed E-state index contributed by atoms with van der Waals surface area (Å²) >= 11 is 0. The third-order valence-electron chi connectivity index (χ3n) is 1.84. The van der Waals surface area contributed by atoms with Gasteiger partial charge in [0.15, 0.2) is 0 Å². The molecule has 0 amide bonds. The first-order valence-corrected chi connectivity index (χ1v) is 4.16. The van der Waals surface area contributed by atoms with Crippen LogP contribution in [0.15, 0.2) is 41.7 Å². The van der Waals surface area contributed by atoms with Gasteiger partial charge in [-0.25, -0.2) is 0 Å². The Hall–Kier alpha value is -1.57. The molecule has 0 radical (unpaired) electrons. The van der Waals surface area contributed by atoms with Gasteiger partial charge in [-0.3, -0.25) is 4.99 Å². The van der Waals surface area contributed by atoms with Crippen molar-refractivity contribution in [2.24, 2.45) is 4.99 Å². The van der Waals surface area contributed by atoms with E-state index in [2.05, 4.69) is 42.9 Å². The van der Waals surface area contributed by atoms with E-state index in [1.54, 1.807) is 6.20 Å². The van der Waals surface area contributed by atoms with Crippen LogP contribution in [0, 0.1) is 6.92 Å². The summed E-state index contributed by atoms with van der Waals surface area (Å²) in [4.78, 5) is 5.64. The standard InChI is InChI=1S/C11H14N2/c1-10-4-6-11(7-5-10)13(3)9-8-12-2/h4-9H,2H2,1,3H3/b9-8-. The predicted octanol–water partition coefficient (Wildman–Crippen LogP) is 2.60. The monoisotopic (exact) mass is 174 g/mol. The van der Waals surface area contributed by atoms with Crippen molar-refractivity contribution in [3.63, 3.8) is 0 Å². The second-order valence-corrected chi connectivity index (χ2v) is 2.93. The fraction of sp³-hybridized carbons (Fsp3) is 0.182. The fourth-order valence-electron chi connectivity index (χ4n) is 1.01. The summed E-state index contributed by atoms with van der Waals surface area (Å²) in [7, 11) is 1.98. The van der Waals surface area contributed by atoms with E-state index in [1.807, 2.05) is 18.1 Å². The lowest BCUT2D eigenvalue weighted by molar-refractivity contribution is 1.19. The topological polar surface area (TPSA) is 15.6 Å². The summed E-state index contributed by atoms with van der Waals surface area (Å²) in [6.45, 7) is 5.45. The number of anilines is 1. The predicted molar refractivity (Wildman–Crippen MR) is 58.3 cm³/mol. The first-order chi connectivity index (χ1) is 6.24. The highest BCUT2D eigenvalue weighted by Gasteiger charge is 1.94. The Bertz CT molecular complexity index is 298. The Labute approximate surface area is 79.2 Å². The molecule has 2 heteroatoms. The van der Waals surface area contributed by atoms with Crippen molar-refractivity contribution in [1.82, 2.24) is 0 Å². The van der Waals surface area contributed by atoms with E-state index in [-0.39, 0.29) is 0 Å². The van der Waals surface area contributed by atoms with Gasteiger partial charge in [-0.1, -0.05) is 17.7 Å². The van der Waals surface area contributed by atoms with Crippen LogP contribution in [0.2, 0.25) is 0 Å². The van der Waals surface area contributed by atoms with Crippen LogP contribution in [0.1, 0.15) is 5.56 Å². The Morgan fingerprint density at radius 3 is 2.46 bits per heavy atom. The first-order valence-electron chi connectivity index (χ1n) is 4.16. The SMILES string of the molecule is C=N/C=C\N(C)c1ccc(C)cc1. The van der Waals surface area contributed by atoms with Gasteiger partial charge in [0.2, 0.25) is 0 Å². The average molecular weight is 174 g/mol. The number of rotatable bonds is 3. The maximum atomic E-state index is 3.65. The molecule has 1 aromatic rings. The van der Waals surface area contributed by atoms with E-state index in [0.717, 1.165) is 5.69 Å². The third kappa shape index (κ3) is 2.75. The van der Waals surface area contributed by atoms with Gasteiger partial charge < -0.3 is 4.90 Å². The highest BCUT2D eigenvalue weighted by Crippen LogP contribution is 2.13. The molecule has 0 saturated heterocycles. The van der Waals surface area contributed by atoms with Crippen LogP contribution in [0.4, 0.5) is 5.69 Å². The maximum absolute atomic E-state index is 3.65. The van der Waals surface area contributed by atoms with Crippen molar-refractivity contribution in [3.05, 3.63) is 42.2 Å². The van der Waals surface area contributed by atoms with E-state index < -0.39 is 0 Å². The highest BCUT2D eigenvalue weighted by atomic mass is 15.1. The Kier molecular flexibility index (Phi) is 3.26. The molecular weight excluding hydrogens is 160 g/mol. The van der Waals surface area contributed by atoms with Crippen LogP contribution in [-0.4, -0.2) is 13.8 Å². The Morgan fingerprint density at radius 2 is 1.92 bits per heavy atom. The smallest absolute Gasteiger partial charge is 0.0422 e. The van der Waals surface area contributed by atoms with Gasteiger partial charge >= 0.3 is 0 Å². The largest absolute Gasteiger partial charge is 0.350 e. The van der Waals surface area contributed by atoms with E-state index in [0.29, 0.717) is 0 Å². The van der Waals surface area contributed by atoms with E-state index in [1.165, 1.54) is 5.56 Å². The summed E-state index contributed by atoms with van der Waals surface area (Å²) in [5.74, 6) is 0. The van der Waals surface area contributed by atoms with Gasteiger partial charge in [0.1, 0.15) is 0 Å². The molecule has 0 aromatic heterocycles. The lowest BCUT2D eigenvalue weighted by atomic mass is 10.2. The number of aliphatic imine (C=N–C) groups is 1. The molecule has 0 atom stereocenters. The Balaban J connectivity index is 2.77. The zero-order chi connectivity index (χ0) is 9.68. The molecule has 0 aliphatic rings. The number of nitrogens with zero attached hydrogens (tertiary/aromatic N) is 2. The number of benzene rings is 1. The molecule has 0 spiro atoms. The van der Waals surface area contributed by atoms with Crippen LogP contribution in [-0.2, 0) is 0 Å². The summed E-state index contributed by atoms with van der Waals surface area (Å²) in [5.41, 5.74) is 2.41. The van der Waals surface area contributed by atoms with Gasteiger partial charge in [-0.05, 0) is 25.8 Å². The minimum Gasteiger partial charge on any atom is -0.350 e. The second-order valence-electron chi connectivity index (χ2n) is 2.93. The lowest BCUT2D eigenvalue weighted by Crippen LogP contribution is -2.06.